The molecule has 2 unspecified atom stereocenters. The minimum atomic E-state index is -1.09. The first-order valence-electron chi connectivity index (χ1n) is 26.5. The van der Waals surface area contributed by atoms with Gasteiger partial charge in [-0.3, -0.25) is 19.6 Å². The number of carboxylic acids is 2. The summed E-state index contributed by atoms with van der Waals surface area (Å²) in [6.07, 6.45) is 22.3. The number of fused-ring (bicyclic) bond motifs is 14. The summed E-state index contributed by atoms with van der Waals surface area (Å²) in [5.41, 5.74) is 16.7. The Hall–Kier alpha value is -7.08. The number of nitrogens with zero attached hydrogens (tertiary/aromatic N) is 2. The van der Waals surface area contributed by atoms with Gasteiger partial charge in [-0.2, -0.15) is 0 Å². The predicted octanol–water partition coefficient (Wildman–Crippen LogP) is 2.21. The molecule has 6 aromatic heterocycles. The molecular weight excluding hydrogens is 1210 g/mol. The first kappa shape index (κ1) is 60.0. The van der Waals surface area contributed by atoms with Crippen molar-refractivity contribution in [1.82, 2.24) is 29.9 Å². The third-order valence-electron chi connectivity index (χ3n) is 15.4. The smallest absolute Gasteiger partial charge is 0.550 e. The number of nitrogens with one attached hydrogen (secondary N) is 6. The molecule has 16 bridgehead atoms. The fourth-order valence-electron chi connectivity index (χ4n) is 10.8. The Labute approximate surface area is 497 Å². The SMILES string of the molecule is COC(=O)CCc1c(C)c2[nH]c1=Cc1[nH]c(c(C)c1CCC(=O)[O-])C=c1[nH]c(cc1C)=CC1=NC(=CC1(C)Br)C=2.COC(=O)CCc1c(C)c2[nH]c1=Cc1[nH]c(c(C)c1CCC(=O)[O-])C=c1[nH]c(cc1C)=CC1=NC(=CC1(C)Br)C=2.[Zn+2]. The molecule has 4 aliphatic rings. The number of aromatic nitrogens is 6. The summed E-state index contributed by atoms with van der Waals surface area (Å²) in [6, 6.07) is 4.18. The summed E-state index contributed by atoms with van der Waals surface area (Å²) in [7, 11) is 2.78. The van der Waals surface area contributed by atoms with Crippen LogP contribution in [0.3, 0.4) is 0 Å². The number of esters is 2. The molecular formula is C62H64Br2N8O8Zn. The number of methoxy groups -OCH3 is 2. The van der Waals surface area contributed by atoms with Crippen LogP contribution in [0.2, 0.25) is 0 Å². The number of carboxylic acid groups (broad SMARTS) is 2. The van der Waals surface area contributed by atoms with E-state index in [0.717, 1.165) is 144 Å². The Kier molecular flexibility index (Phi) is 17.9. The summed E-state index contributed by atoms with van der Waals surface area (Å²) in [5, 5.41) is 30.0. The number of rotatable bonds is 12. The quantitative estimate of drug-likeness (QED) is 0.0601. The molecule has 19 heteroatoms. The van der Waals surface area contributed by atoms with Crippen molar-refractivity contribution in [2.24, 2.45) is 9.98 Å². The molecule has 0 saturated heterocycles. The average Bonchev–Trinajstić information content (AvgIpc) is 4.46. The number of aromatic amines is 6. The molecule has 0 saturated carbocycles. The summed E-state index contributed by atoms with van der Waals surface area (Å²) in [5.74, 6) is -2.75. The van der Waals surface area contributed by atoms with Gasteiger partial charge in [-0.1, -0.05) is 31.9 Å². The molecule has 0 aromatic carbocycles. The molecule has 0 aliphatic carbocycles. The van der Waals surface area contributed by atoms with Crippen molar-refractivity contribution in [1.29, 1.82) is 0 Å². The van der Waals surface area contributed by atoms with Gasteiger partial charge in [-0.25, -0.2) is 0 Å². The molecule has 81 heavy (non-hydrogen) atoms. The Morgan fingerprint density at radius 2 is 0.827 bits per heavy atom. The largest absolute Gasteiger partial charge is 2.00 e. The molecule has 0 spiro atoms. The van der Waals surface area contributed by atoms with E-state index in [0.29, 0.717) is 25.7 Å². The fourth-order valence-corrected chi connectivity index (χ4v) is 11.6. The maximum Gasteiger partial charge on any atom is 2.00 e. The van der Waals surface area contributed by atoms with Crippen molar-refractivity contribution in [3.8, 4) is 0 Å². The van der Waals surface area contributed by atoms with Gasteiger partial charge in [0.25, 0.3) is 0 Å². The van der Waals surface area contributed by atoms with Crippen molar-refractivity contribution >= 4 is 116 Å². The van der Waals surface area contributed by atoms with Gasteiger partial charge in [0.05, 0.1) is 45.7 Å². The number of halogens is 2. The van der Waals surface area contributed by atoms with Gasteiger partial charge < -0.3 is 59.2 Å². The van der Waals surface area contributed by atoms with Crippen molar-refractivity contribution in [2.75, 3.05) is 14.2 Å². The van der Waals surface area contributed by atoms with Gasteiger partial charge in [0.2, 0.25) is 0 Å². The molecule has 6 N–H and O–H groups in total. The van der Waals surface area contributed by atoms with E-state index in [1.807, 2.05) is 78.0 Å². The Morgan fingerprint density at radius 1 is 0.469 bits per heavy atom. The molecule has 4 aliphatic heterocycles. The van der Waals surface area contributed by atoms with Gasteiger partial charge in [0.1, 0.15) is 0 Å². The summed E-state index contributed by atoms with van der Waals surface area (Å²) >= 11 is 7.67. The number of aryl methyl sites for hydroxylation is 2. The van der Waals surface area contributed by atoms with Crippen LogP contribution < -0.4 is 53.0 Å². The number of H-pyrrole nitrogens is 6. The molecule has 0 amide bonds. The number of carbonyl (C=O) groups excluding carboxylic acids is 4. The maximum absolute atomic E-state index is 12.0. The van der Waals surface area contributed by atoms with E-state index in [9.17, 15) is 29.4 Å². The van der Waals surface area contributed by atoms with Crippen molar-refractivity contribution in [3.63, 3.8) is 0 Å². The van der Waals surface area contributed by atoms with Crippen LogP contribution in [0.4, 0.5) is 0 Å². The van der Waals surface area contributed by atoms with Crippen LogP contribution in [0, 0.1) is 41.5 Å². The minimum Gasteiger partial charge on any atom is -0.550 e. The third-order valence-corrected chi connectivity index (χ3v) is 16.7. The average molecular weight is 1270 g/mol. The second kappa shape index (κ2) is 24.2. The standard InChI is InChI=1S/2C31H33BrN4O4.Zn/c2*1-16-10-19-12-28-31(4,32)15-20(34-28)11-24-17(2)22(7-9-30(39)40-5)27(35-24)14-26-21(6-8-29(37)38)18(3)25(36-26)13-23(16)33-19;/h2*10-15,33,35-36H,6-9H2,1-5H3,(H,37,38);/q;;+2/p-2. The van der Waals surface area contributed by atoms with Crippen LogP contribution in [0.15, 0.2) is 45.7 Å². The van der Waals surface area contributed by atoms with Gasteiger partial charge in [0.15, 0.2) is 0 Å². The zero-order valence-electron chi connectivity index (χ0n) is 47.2. The number of hydrogen-bond acceptors (Lipinski definition) is 10. The maximum atomic E-state index is 12.0. The molecule has 10 rings (SSSR count). The number of ether oxygens (including phenoxy) is 2. The topological polar surface area (TPSA) is 252 Å². The van der Waals surface area contributed by atoms with Crippen LogP contribution in [-0.2, 0) is 73.8 Å². The van der Waals surface area contributed by atoms with E-state index in [4.69, 9.17) is 19.5 Å². The Morgan fingerprint density at radius 3 is 1.19 bits per heavy atom. The summed E-state index contributed by atoms with van der Waals surface area (Å²) in [6.45, 7) is 16.3. The zero-order chi connectivity index (χ0) is 57.5. The Bertz CT molecular complexity index is 3970. The van der Waals surface area contributed by atoms with E-state index >= 15 is 0 Å². The first-order chi connectivity index (χ1) is 37.9. The number of aliphatic carboxylic acids is 2. The second-order valence-corrected chi connectivity index (χ2v) is 24.5. The van der Waals surface area contributed by atoms with Crippen LogP contribution >= 0.6 is 31.9 Å². The molecule has 16 nitrogen and oxygen atoms in total. The number of aliphatic imine (C=N–C) groups is 2. The van der Waals surface area contributed by atoms with Crippen molar-refractivity contribution in [3.05, 3.63) is 157 Å². The monoisotopic (exact) mass is 1270 g/mol. The fraction of sp³-hybridized carbons (Fsp3) is 0.323. The van der Waals surface area contributed by atoms with Gasteiger partial charge in [0, 0.05) is 90.3 Å². The third kappa shape index (κ3) is 13.2. The van der Waals surface area contributed by atoms with Crippen molar-refractivity contribution < 1.29 is 58.3 Å². The number of allylic oxidation sites excluding steroid dienone is 4. The van der Waals surface area contributed by atoms with Gasteiger partial charge in [-0.15, -0.1) is 0 Å². The first-order valence-corrected chi connectivity index (χ1v) is 28.1. The second-order valence-electron chi connectivity index (χ2n) is 21.2. The Balaban J connectivity index is 0.000000210. The van der Waals surface area contributed by atoms with Crippen LogP contribution in [0.25, 0.3) is 48.6 Å². The van der Waals surface area contributed by atoms with E-state index in [1.165, 1.54) is 14.2 Å². The van der Waals surface area contributed by atoms with E-state index in [-0.39, 0.29) is 57.1 Å². The summed E-state index contributed by atoms with van der Waals surface area (Å²) < 4.78 is 8.93. The zero-order valence-corrected chi connectivity index (χ0v) is 53.3. The number of carbonyl (C=O) groups is 4. The molecule has 0 fully saturated rings. The van der Waals surface area contributed by atoms with Gasteiger partial charge in [-0.05, 0) is 222 Å². The predicted molar refractivity (Wildman–Crippen MR) is 315 cm³/mol. The van der Waals surface area contributed by atoms with Crippen LogP contribution in [-0.4, -0.2) is 88.1 Å². The number of alkyl halides is 2. The summed E-state index contributed by atoms with van der Waals surface area (Å²) in [4.78, 5) is 77.8. The minimum absolute atomic E-state index is 0. The van der Waals surface area contributed by atoms with E-state index in [2.05, 4.69) is 112 Å². The number of hydrogen-bond donors (Lipinski definition) is 6. The van der Waals surface area contributed by atoms with Crippen LogP contribution in [0.5, 0.6) is 0 Å². The molecule has 416 valence electrons. The van der Waals surface area contributed by atoms with Crippen LogP contribution in [0.1, 0.15) is 118 Å². The molecule has 2 atom stereocenters. The normalized spacial score (nSPS) is 17.4. The molecule has 10 heterocycles. The molecule has 6 aromatic rings. The van der Waals surface area contributed by atoms with Gasteiger partial charge >= 0.3 is 31.4 Å². The molecule has 0 radical (unpaired) electrons. The van der Waals surface area contributed by atoms with E-state index < -0.39 is 20.6 Å². The van der Waals surface area contributed by atoms with Crippen molar-refractivity contribution in [2.45, 2.75) is 115 Å². The van der Waals surface area contributed by atoms with E-state index in [1.54, 1.807) is 0 Å².